The van der Waals surface area contributed by atoms with E-state index in [1.54, 1.807) is 0 Å². The molecule has 1 aromatic rings. The molecule has 0 fully saturated rings. The van der Waals surface area contributed by atoms with E-state index >= 15 is 0 Å². The van der Waals surface area contributed by atoms with E-state index in [1.807, 2.05) is 57.2 Å². The molecule has 0 aromatic heterocycles. The maximum absolute atomic E-state index is 11.4. The smallest absolute Gasteiger partial charge is 0.412 e. The Balaban J connectivity index is 2.45. The first kappa shape index (κ1) is 12.3. The highest BCUT2D eigenvalue weighted by Gasteiger charge is 2.06. The Labute approximate surface area is 96.1 Å². The monoisotopic (exact) mass is 219 g/mol. The second-order valence-electron chi connectivity index (χ2n) is 3.85. The molecule has 0 aliphatic carbocycles. The molecule has 16 heavy (non-hydrogen) atoms. The highest BCUT2D eigenvalue weighted by molar-refractivity contribution is 5.84. The van der Waals surface area contributed by atoms with Gasteiger partial charge in [0.05, 0.1) is 0 Å². The molecule has 0 radical (unpaired) electrons. The van der Waals surface area contributed by atoms with Crippen LogP contribution in [0.4, 0.5) is 10.5 Å². The molecular formula is C13H17NO2. The van der Waals surface area contributed by atoms with Crippen LogP contribution in [0.25, 0.3) is 0 Å². The van der Waals surface area contributed by atoms with Crippen LogP contribution in [0.3, 0.4) is 0 Å². The van der Waals surface area contributed by atoms with Crippen molar-refractivity contribution in [2.45, 2.75) is 26.9 Å². The van der Waals surface area contributed by atoms with Crippen LogP contribution in [0.2, 0.25) is 0 Å². The van der Waals surface area contributed by atoms with Crippen LogP contribution < -0.4 is 5.32 Å². The van der Waals surface area contributed by atoms with Gasteiger partial charge in [-0.2, -0.15) is 0 Å². The first-order valence-electron chi connectivity index (χ1n) is 5.25. The lowest BCUT2D eigenvalue weighted by Gasteiger charge is -2.10. The Morgan fingerprint density at radius 1 is 1.31 bits per heavy atom. The maximum atomic E-state index is 11.4. The Morgan fingerprint density at radius 3 is 2.50 bits per heavy atom. The summed E-state index contributed by atoms with van der Waals surface area (Å²) in [6.07, 6.45) is 1.25. The van der Waals surface area contributed by atoms with Crippen molar-refractivity contribution in [2.75, 3.05) is 5.32 Å². The molecule has 1 rings (SSSR count). The van der Waals surface area contributed by atoms with Gasteiger partial charge >= 0.3 is 6.09 Å². The maximum Gasteiger partial charge on any atom is 0.412 e. The SMILES string of the molecule is CC(C)=CC(C)OC(=O)Nc1ccccc1. The highest BCUT2D eigenvalue weighted by Crippen LogP contribution is 2.07. The van der Waals surface area contributed by atoms with Gasteiger partial charge in [-0.1, -0.05) is 23.8 Å². The number of benzene rings is 1. The Bertz CT molecular complexity index is 367. The van der Waals surface area contributed by atoms with Gasteiger partial charge in [0.15, 0.2) is 0 Å². The summed E-state index contributed by atoms with van der Waals surface area (Å²) in [7, 11) is 0. The van der Waals surface area contributed by atoms with Gasteiger partial charge in [0.25, 0.3) is 0 Å². The molecule has 1 N–H and O–H groups in total. The van der Waals surface area contributed by atoms with Crippen molar-refractivity contribution in [3.63, 3.8) is 0 Å². The molecule has 3 heteroatoms. The topological polar surface area (TPSA) is 38.3 Å². The Kier molecular flexibility index (Phi) is 4.58. The largest absolute Gasteiger partial charge is 0.442 e. The number of nitrogens with one attached hydrogen (secondary N) is 1. The van der Waals surface area contributed by atoms with Gasteiger partial charge in [-0.15, -0.1) is 0 Å². The van der Waals surface area contributed by atoms with Crippen molar-refractivity contribution < 1.29 is 9.53 Å². The van der Waals surface area contributed by atoms with E-state index in [-0.39, 0.29) is 6.10 Å². The third-order valence-corrected chi connectivity index (χ3v) is 1.88. The third kappa shape index (κ3) is 4.64. The van der Waals surface area contributed by atoms with Gasteiger partial charge in [0.1, 0.15) is 6.10 Å². The molecule has 1 atom stereocenters. The summed E-state index contributed by atoms with van der Waals surface area (Å²) >= 11 is 0. The number of carbonyl (C=O) groups excluding carboxylic acids is 1. The number of anilines is 1. The number of hydrogen-bond acceptors (Lipinski definition) is 2. The minimum absolute atomic E-state index is 0.214. The van der Waals surface area contributed by atoms with Crippen LogP contribution in [-0.4, -0.2) is 12.2 Å². The van der Waals surface area contributed by atoms with Crippen LogP contribution >= 0.6 is 0 Å². The fourth-order valence-corrected chi connectivity index (χ4v) is 1.34. The van der Waals surface area contributed by atoms with Crippen LogP contribution in [0.1, 0.15) is 20.8 Å². The van der Waals surface area contributed by atoms with Crippen molar-refractivity contribution in [1.82, 2.24) is 0 Å². The van der Waals surface area contributed by atoms with Crippen LogP contribution in [0.5, 0.6) is 0 Å². The normalized spacial score (nSPS) is 11.4. The predicted molar refractivity (Wildman–Crippen MR) is 65.4 cm³/mol. The lowest BCUT2D eigenvalue weighted by Crippen LogP contribution is -2.18. The summed E-state index contributed by atoms with van der Waals surface area (Å²) in [4.78, 5) is 11.4. The van der Waals surface area contributed by atoms with E-state index in [0.29, 0.717) is 0 Å². The summed E-state index contributed by atoms with van der Waals surface area (Å²) in [5.41, 5.74) is 1.86. The molecule has 0 saturated carbocycles. The molecule has 0 aliphatic heterocycles. The molecule has 86 valence electrons. The zero-order chi connectivity index (χ0) is 12.0. The number of amides is 1. The van der Waals surface area contributed by atoms with E-state index in [4.69, 9.17) is 4.74 Å². The molecule has 1 aromatic carbocycles. The van der Waals surface area contributed by atoms with E-state index in [1.165, 1.54) is 0 Å². The van der Waals surface area contributed by atoms with Crippen molar-refractivity contribution >= 4 is 11.8 Å². The molecule has 0 heterocycles. The molecule has 1 amide bonds. The summed E-state index contributed by atoms with van der Waals surface area (Å²) in [6, 6.07) is 9.23. The van der Waals surface area contributed by atoms with Crippen molar-refractivity contribution in [1.29, 1.82) is 0 Å². The molecule has 0 aliphatic rings. The summed E-state index contributed by atoms with van der Waals surface area (Å²) in [5, 5.41) is 2.66. The number of rotatable bonds is 3. The number of allylic oxidation sites excluding steroid dienone is 1. The zero-order valence-corrected chi connectivity index (χ0v) is 9.86. The fourth-order valence-electron chi connectivity index (χ4n) is 1.34. The van der Waals surface area contributed by atoms with E-state index in [2.05, 4.69) is 5.32 Å². The summed E-state index contributed by atoms with van der Waals surface area (Å²) in [6.45, 7) is 5.77. The van der Waals surface area contributed by atoms with E-state index in [0.717, 1.165) is 11.3 Å². The minimum Gasteiger partial charge on any atom is -0.442 e. The van der Waals surface area contributed by atoms with E-state index in [9.17, 15) is 4.79 Å². The third-order valence-electron chi connectivity index (χ3n) is 1.88. The van der Waals surface area contributed by atoms with Crippen LogP contribution in [0, 0.1) is 0 Å². The van der Waals surface area contributed by atoms with Gasteiger partial charge in [0.2, 0.25) is 0 Å². The van der Waals surface area contributed by atoms with Gasteiger partial charge in [-0.3, -0.25) is 5.32 Å². The molecule has 3 nitrogen and oxygen atoms in total. The lowest BCUT2D eigenvalue weighted by atomic mass is 10.2. The summed E-state index contributed by atoms with van der Waals surface area (Å²) < 4.78 is 5.14. The van der Waals surface area contributed by atoms with Gasteiger partial charge in [-0.25, -0.2) is 4.79 Å². The van der Waals surface area contributed by atoms with Crippen molar-refractivity contribution in [2.24, 2.45) is 0 Å². The fraction of sp³-hybridized carbons (Fsp3) is 0.308. The number of ether oxygens (including phenoxy) is 1. The second-order valence-corrected chi connectivity index (χ2v) is 3.85. The van der Waals surface area contributed by atoms with E-state index < -0.39 is 6.09 Å². The zero-order valence-electron chi connectivity index (χ0n) is 9.86. The quantitative estimate of drug-likeness (QED) is 0.789. The highest BCUT2D eigenvalue weighted by atomic mass is 16.6. The number of para-hydroxylation sites is 1. The number of hydrogen-bond donors (Lipinski definition) is 1. The first-order chi connectivity index (χ1) is 7.58. The van der Waals surface area contributed by atoms with Crippen LogP contribution in [-0.2, 0) is 4.74 Å². The lowest BCUT2D eigenvalue weighted by molar-refractivity contribution is 0.141. The molecular weight excluding hydrogens is 202 g/mol. The van der Waals surface area contributed by atoms with Gasteiger partial charge in [0, 0.05) is 5.69 Å². The first-order valence-corrected chi connectivity index (χ1v) is 5.25. The Hall–Kier alpha value is -1.77. The number of carbonyl (C=O) groups is 1. The van der Waals surface area contributed by atoms with Crippen LogP contribution in [0.15, 0.2) is 42.0 Å². The minimum atomic E-state index is -0.434. The average Bonchev–Trinajstić information content (AvgIpc) is 2.17. The summed E-state index contributed by atoms with van der Waals surface area (Å²) in [5.74, 6) is 0. The average molecular weight is 219 g/mol. The predicted octanol–water partition coefficient (Wildman–Crippen LogP) is 3.59. The van der Waals surface area contributed by atoms with Crippen molar-refractivity contribution in [3.05, 3.63) is 42.0 Å². The molecule has 0 bridgehead atoms. The molecule has 0 saturated heterocycles. The van der Waals surface area contributed by atoms with Gasteiger partial charge in [-0.05, 0) is 39.0 Å². The molecule has 0 spiro atoms. The van der Waals surface area contributed by atoms with Gasteiger partial charge < -0.3 is 4.74 Å². The molecule has 1 unspecified atom stereocenters. The standard InChI is InChI=1S/C13H17NO2/c1-10(2)9-11(3)16-13(15)14-12-7-5-4-6-8-12/h4-9,11H,1-3H3,(H,14,15). The second kappa shape index (κ2) is 5.95. The Morgan fingerprint density at radius 2 is 1.94 bits per heavy atom. The van der Waals surface area contributed by atoms with Crippen molar-refractivity contribution in [3.8, 4) is 0 Å².